The Hall–Kier alpha value is -3.06. The third kappa shape index (κ3) is 4.88. The number of carbonyl (C=O) groups excluding carboxylic acids is 2. The van der Waals surface area contributed by atoms with Gasteiger partial charge in [-0.2, -0.15) is 0 Å². The number of para-hydroxylation sites is 1. The summed E-state index contributed by atoms with van der Waals surface area (Å²) in [5, 5.41) is 2.96. The molecule has 2 unspecified atom stereocenters. The van der Waals surface area contributed by atoms with E-state index < -0.39 is 0 Å². The minimum absolute atomic E-state index is 0.00625. The first-order chi connectivity index (χ1) is 15.4. The summed E-state index contributed by atoms with van der Waals surface area (Å²) < 4.78 is 17.0. The molecule has 2 atom stereocenters. The number of aryl methyl sites for hydroxylation is 2. The van der Waals surface area contributed by atoms with E-state index in [1.165, 1.54) is 0 Å². The smallest absolute Gasteiger partial charge is 0.244 e. The SMILES string of the molecule is COc1ccc(C2CC(=O)N(CC(=O)Nc3c(C)cccc3C)C2)cc1OC1CCCO1. The Labute approximate surface area is 188 Å². The highest BCUT2D eigenvalue weighted by molar-refractivity contribution is 5.96. The van der Waals surface area contributed by atoms with E-state index >= 15 is 0 Å². The fourth-order valence-corrected chi connectivity index (χ4v) is 4.33. The number of likely N-dealkylation sites (tertiary alicyclic amines) is 1. The molecule has 0 saturated carbocycles. The Balaban J connectivity index is 1.42. The van der Waals surface area contributed by atoms with Gasteiger partial charge in [-0.15, -0.1) is 0 Å². The maximum Gasteiger partial charge on any atom is 0.244 e. The molecular weight excluding hydrogens is 408 g/mol. The first-order valence-corrected chi connectivity index (χ1v) is 11.0. The molecule has 32 heavy (non-hydrogen) atoms. The van der Waals surface area contributed by atoms with Crippen molar-refractivity contribution in [1.82, 2.24) is 4.90 Å². The maximum atomic E-state index is 12.6. The zero-order valence-electron chi connectivity index (χ0n) is 18.8. The number of amides is 2. The van der Waals surface area contributed by atoms with Crippen LogP contribution in [0.5, 0.6) is 11.5 Å². The van der Waals surface area contributed by atoms with Crippen molar-refractivity contribution in [2.75, 3.05) is 32.1 Å². The zero-order chi connectivity index (χ0) is 22.7. The van der Waals surface area contributed by atoms with Gasteiger partial charge in [0, 0.05) is 31.0 Å². The molecule has 7 heteroatoms. The third-order valence-corrected chi connectivity index (χ3v) is 6.10. The number of hydrogen-bond donors (Lipinski definition) is 1. The normalized spacial score (nSPS) is 20.5. The van der Waals surface area contributed by atoms with Gasteiger partial charge in [-0.05, 0) is 49.1 Å². The van der Waals surface area contributed by atoms with E-state index in [-0.39, 0.29) is 30.6 Å². The van der Waals surface area contributed by atoms with Gasteiger partial charge in [-0.25, -0.2) is 0 Å². The zero-order valence-corrected chi connectivity index (χ0v) is 18.8. The van der Waals surface area contributed by atoms with Gasteiger partial charge in [0.2, 0.25) is 11.8 Å². The molecular formula is C25H30N2O5. The number of rotatable bonds is 7. The second-order valence-corrected chi connectivity index (χ2v) is 8.46. The van der Waals surface area contributed by atoms with Gasteiger partial charge >= 0.3 is 0 Å². The highest BCUT2D eigenvalue weighted by Crippen LogP contribution is 2.36. The van der Waals surface area contributed by atoms with Crippen molar-refractivity contribution in [3.63, 3.8) is 0 Å². The number of nitrogens with zero attached hydrogens (tertiary/aromatic N) is 1. The molecule has 0 radical (unpaired) electrons. The quantitative estimate of drug-likeness (QED) is 0.712. The first kappa shape index (κ1) is 22.1. The van der Waals surface area contributed by atoms with E-state index in [0.29, 0.717) is 31.1 Å². The average molecular weight is 439 g/mol. The topological polar surface area (TPSA) is 77.1 Å². The molecule has 7 nitrogen and oxygen atoms in total. The van der Waals surface area contributed by atoms with E-state index in [0.717, 1.165) is 35.2 Å². The molecule has 2 heterocycles. The summed E-state index contributed by atoms with van der Waals surface area (Å²) in [6.07, 6.45) is 1.92. The Kier molecular flexibility index (Phi) is 6.65. The molecule has 2 amide bonds. The lowest BCUT2D eigenvalue weighted by atomic mass is 9.98. The minimum atomic E-state index is -0.269. The van der Waals surface area contributed by atoms with Crippen LogP contribution in [0.25, 0.3) is 0 Å². The predicted octanol–water partition coefficient (Wildman–Crippen LogP) is 3.78. The van der Waals surface area contributed by atoms with Crippen molar-refractivity contribution in [1.29, 1.82) is 0 Å². The summed E-state index contributed by atoms with van der Waals surface area (Å²) in [7, 11) is 1.60. The first-order valence-electron chi connectivity index (χ1n) is 11.0. The number of methoxy groups -OCH3 is 1. The van der Waals surface area contributed by atoms with Gasteiger partial charge in [0.1, 0.15) is 0 Å². The summed E-state index contributed by atoms with van der Waals surface area (Å²) in [6.45, 7) is 5.14. The number of nitrogens with one attached hydrogen (secondary N) is 1. The predicted molar refractivity (Wildman–Crippen MR) is 121 cm³/mol. The Bertz CT molecular complexity index is 980. The second kappa shape index (κ2) is 9.61. The minimum Gasteiger partial charge on any atom is -0.493 e. The summed E-state index contributed by atoms with van der Waals surface area (Å²) in [6, 6.07) is 11.6. The number of ether oxygens (including phenoxy) is 3. The van der Waals surface area contributed by atoms with Gasteiger partial charge in [-0.1, -0.05) is 24.3 Å². The van der Waals surface area contributed by atoms with Crippen molar-refractivity contribution in [3.05, 3.63) is 53.1 Å². The number of carbonyl (C=O) groups is 2. The monoisotopic (exact) mass is 438 g/mol. The standard InChI is InChI=1S/C25H30N2O5/c1-16-6-4-7-17(2)25(16)26-22(28)15-27-14-19(13-23(27)29)18-9-10-20(30-3)21(12-18)32-24-8-5-11-31-24/h4,6-7,9-10,12,19,24H,5,8,11,13-15H2,1-3H3,(H,26,28). The fourth-order valence-electron chi connectivity index (χ4n) is 4.33. The lowest BCUT2D eigenvalue weighted by Crippen LogP contribution is -2.34. The van der Waals surface area contributed by atoms with E-state index in [1.807, 2.05) is 50.2 Å². The Morgan fingerprint density at radius 3 is 2.66 bits per heavy atom. The molecule has 0 aromatic heterocycles. The largest absolute Gasteiger partial charge is 0.493 e. The highest BCUT2D eigenvalue weighted by Gasteiger charge is 2.32. The Morgan fingerprint density at radius 1 is 1.19 bits per heavy atom. The van der Waals surface area contributed by atoms with Gasteiger partial charge in [0.05, 0.1) is 20.3 Å². The van der Waals surface area contributed by atoms with Crippen LogP contribution in [0.4, 0.5) is 5.69 Å². The molecule has 2 fully saturated rings. The summed E-state index contributed by atoms with van der Waals surface area (Å²) in [4.78, 5) is 26.9. The molecule has 1 N–H and O–H groups in total. The molecule has 0 spiro atoms. The van der Waals surface area contributed by atoms with Gasteiger partial charge < -0.3 is 24.4 Å². The lowest BCUT2D eigenvalue weighted by molar-refractivity contribution is -0.131. The van der Waals surface area contributed by atoms with Crippen LogP contribution in [0.15, 0.2) is 36.4 Å². The van der Waals surface area contributed by atoms with E-state index in [9.17, 15) is 9.59 Å². The highest BCUT2D eigenvalue weighted by atomic mass is 16.7. The van der Waals surface area contributed by atoms with Crippen LogP contribution in [0.2, 0.25) is 0 Å². The molecule has 4 rings (SSSR count). The molecule has 2 aromatic rings. The van der Waals surface area contributed by atoms with Gasteiger partial charge in [0.25, 0.3) is 0 Å². The van der Waals surface area contributed by atoms with Crippen LogP contribution in [-0.4, -0.2) is 49.8 Å². The van der Waals surface area contributed by atoms with E-state index in [1.54, 1.807) is 12.0 Å². The van der Waals surface area contributed by atoms with Crippen molar-refractivity contribution in [2.24, 2.45) is 0 Å². The lowest BCUT2D eigenvalue weighted by Gasteiger charge is -2.19. The van der Waals surface area contributed by atoms with Gasteiger partial charge in [-0.3, -0.25) is 9.59 Å². The Morgan fingerprint density at radius 2 is 1.97 bits per heavy atom. The van der Waals surface area contributed by atoms with Crippen molar-refractivity contribution in [3.8, 4) is 11.5 Å². The second-order valence-electron chi connectivity index (χ2n) is 8.46. The van der Waals surface area contributed by atoms with Crippen LogP contribution < -0.4 is 14.8 Å². The molecule has 2 aromatic carbocycles. The number of hydrogen-bond acceptors (Lipinski definition) is 5. The van der Waals surface area contributed by atoms with Crippen LogP contribution in [-0.2, 0) is 14.3 Å². The van der Waals surface area contributed by atoms with E-state index in [2.05, 4.69) is 5.32 Å². The molecule has 0 aliphatic carbocycles. The molecule has 2 aliphatic heterocycles. The van der Waals surface area contributed by atoms with Crippen LogP contribution >= 0.6 is 0 Å². The molecule has 0 bridgehead atoms. The summed E-state index contributed by atoms with van der Waals surface area (Å²) in [5.41, 5.74) is 3.80. The maximum absolute atomic E-state index is 12.6. The van der Waals surface area contributed by atoms with Crippen LogP contribution in [0.3, 0.4) is 0 Å². The average Bonchev–Trinajstić information content (AvgIpc) is 3.41. The molecule has 170 valence electrons. The fraction of sp³-hybridized carbons (Fsp3) is 0.440. The summed E-state index contributed by atoms with van der Waals surface area (Å²) >= 11 is 0. The van der Waals surface area contributed by atoms with Crippen molar-refractivity contribution in [2.45, 2.75) is 45.3 Å². The van der Waals surface area contributed by atoms with Crippen LogP contribution in [0, 0.1) is 13.8 Å². The summed E-state index contributed by atoms with van der Waals surface area (Å²) in [5.74, 6) is 1.04. The number of benzene rings is 2. The molecule has 2 saturated heterocycles. The van der Waals surface area contributed by atoms with E-state index in [4.69, 9.17) is 14.2 Å². The van der Waals surface area contributed by atoms with Gasteiger partial charge in [0.15, 0.2) is 17.8 Å². The number of anilines is 1. The van der Waals surface area contributed by atoms with Crippen LogP contribution in [0.1, 0.15) is 41.9 Å². The third-order valence-electron chi connectivity index (χ3n) is 6.10. The molecule has 2 aliphatic rings. The van der Waals surface area contributed by atoms with Crippen molar-refractivity contribution < 1.29 is 23.8 Å². The van der Waals surface area contributed by atoms with Crippen molar-refractivity contribution >= 4 is 17.5 Å².